The number of rotatable bonds is 5. The van der Waals surface area contributed by atoms with Crippen molar-refractivity contribution in [3.05, 3.63) is 122 Å². The van der Waals surface area contributed by atoms with Gasteiger partial charge in [0.2, 0.25) is 5.88 Å². The maximum Gasteiger partial charge on any atom is 0.334 e. The first kappa shape index (κ1) is 21.2. The summed E-state index contributed by atoms with van der Waals surface area (Å²) in [6.45, 7) is 0.270. The van der Waals surface area contributed by atoms with Crippen molar-refractivity contribution in [2.24, 2.45) is 5.73 Å². The second-order valence-corrected chi connectivity index (χ2v) is 8.39. The van der Waals surface area contributed by atoms with Gasteiger partial charge < -0.3 is 10.5 Å². The van der Waals surface area contributed by atoms with Crippen LogP contribution in [0.25, 0.3) is 11.1 Å². The van der Waals surface area contributed by atoms with Crippen LogP contribution in [-0.4, -0.2) is 15.7 Å². The lowest BCUT2D eigenvalue weighted by Gasteiger charge is -2.19. The van der Waals surface area contributed by atoms with E-state index < -0.39 is 17.3 Å². The first-order chi connectivity index (χ1) is 16.1. The molecule has 0 amide bonds. The number of hydrogen-bond donors (Lipinski definition) is 1. The predicted molar refractivity (Wildman–Crippen MR) is 129 cm³/mol. The van der Waals surface area contributed by atoms with Gasteiger partial charge >= 0.3 is 5.69 Å². The van der Waals surface area contributed by atoms with Crippen LogP contribution in [0.1, 0.15) is 23.2 Å². The van der Waals surface area contributed by atoms with E-state index in [2.05, 4.69) is 0 Å². The highest BCUT2D eigenvalue weighted by Gasteiger charge is 2.33. The fourth-order valence-corrected chi connectivity index (χ4v) is 4.51. The van der Waals surface area contributed by atoms with Crippen LogP contribution in [0, 0.1) is 0 Å². The molecule has 3 aromatic carbocycles. The Kier molecular flexibility index (Phi) is 5.62. The van der Waals surface area contributed by atoms with Crippen LogP contribution in [0.15, 0.2) is 94.5 Å². The predicted octanol–water partition coefficient (Wildman–Crippen LogP) is 4.01. The summed E-state index contributed by atoms with van der Waals surface area (Å²) in [5.41, 5.74) is 8.02. The van der Waals surface area contributed by atoms with Gasteiger partial charge in [0.1, 0.15) is 18.2 Å². The lowest BCUT2D eigenvalue weighted by Crippen LogP contribution is -2.43. The molecule has 2 atom stereocenters. The number of halogens is 1. The molecule has 1 aliphatic heterocycles. The largest absolute Gasteiger partial charge is 0.476 e. The molecule has 33 heavy (non-hydrogen) atoms. The Balaban J connectivity index is 1.73. The summed E-state index contributed by atoms with van der Waals surface area (Å²) in [5, 5.41) is 0.404. The molecule has 0 saturated carbocycles. The SMILES string of the molecule is N[C@H](Cn1c(=O)c(-c2ccccc2Cl)c2n(c1=O)C(c1ccccc1)CO2)c1ccccc1. The normalized spacial score (nSPS) is 15.6. The zero-order valence-corrected chi connectivity index (χ0v) is 18.5. The monoisotopic (exact) mass is 459 g/mol. The molecule has 6 nitrogen and oxygen atoms in total. The molecule has 2 heterocycles. The molecule has 0 aliphatic carbocycles. The van der Waals surface area contributed by atoms with Gasteiger partial charge in [-0.2, -0.15) is 0 Å². The van der Waals surface area contributed by atoms with Gasteiger partial charge in [0.15, 0.2) is 0 Å². The van der Waals surface area contributed by atoms with Crippen LogP contribution in [0.2, 0.25) is 5.02 Å². The Labute approximate surface area is 195 Å². The number of nitrogens with two attached hydrogens (primary N) is 1. The molecular formula is C26H22ClN3O3. The highest BCUT2D eigenvalue weighted by Crippen LogP contribution is 2.37. The number of fused-ring (bicyclic) bond motifs is 1. The minimum atomic E-state index is -0.535. The van der Waals surface area contributed by atoms with E-state index in [1.165, 1.54) is 4.57 Å². The van der Waals surface area contributed by atoms with Crippen LogP contribution in [0.3, 0.4) is 0 Å². The Morgan fingerprint density at radius 3 is 2.27 bits per heavy atom. The van der Waals surface area contributed by atoms with Gasteiger partial charge in [-0.15, -0.1) is 0 Å². The van der Waals surface area contributed by atoms with Crippen molar-refractivity contribution < 1.29 is 4.74 Å². The van der Waals surface area contributed by atoms with Gasteiger partial charge in [0.25, 0.3) is 5.56 Å². The quantitative estimate of drug-likeness (QED) is 0.489. The van der Waals surface area contributed by atoms with Crippen molar-refractivity contribution in [3.8, 4) is 17.0 Å². The van der Waals surface area contributed by atoms with Crippen LogP contribution in [0.4, 0.5) is 0 Å². The molecule has 7 heteroatoms. The van der Waals surface area contributed by atoms with E-state index in [9.17, 15) is 9.59 Å². The summed E-state index contributed by atoms with van der Waals surface area (Å²) < 4.78 is 8.72. The van der Waals surface area contributed by atoms with Crippen LogP contribution < -0.4 is 21.7 Å². The van der Waals surface area contributed by atoms with E-state index in [1.54, 1.807) is 28.8 Å². The van der Waals surface area contributed by atoms with E-state index in [4.69, 9.17) is 22.1 Å². The van der Waals surface area contributed by atoms with Crippen molar-refractivity contribution in [2.75, 3.05) is 6.61 Å². The number of ether oxygens (including phenoxy) is 1. The minimum absolute atomic E-state index is 0.0287. The minimum Gasteiger partial charge on any atom is -0.476 e. The van der Waals surface area contributed by atoms with Crippen LogP contribution in [0.5, 0.6) is 5.88 Å². The van der Waals surface area contributed by atoms with Gasteiger partial charge in [0, 0.05) is 16.6 Å². The molecule has 5 rings (SSSR count). The average Bonchev–Trinajstić information content (AvgIpc) is 3.29. The van der Waals surface area contributed by atoms with E-state index in [-0.39, 0.29) is 30.6 Å². The van der Waals surface area contributed by atoms with Crippen molar-refractivity contribution >= 4 is 11.6 Å². The number of aromatic nitrogens is 2. The Morgan fingerprint density at radius 2 is 1.58 bits per heavy atom. The lowest BCUT2D eigenvalue weighted by molar-refractivity contribution is 0.343. The van der Waals surface area contributed by atoms with Gasteiger partial charge in [0.05, 0.1) is 6.54 Å². The highest BCUT2D eigenvalue weighted by atomic mass is 35.5. The summed E-state index contributed by atoms with van der Waals surface area (Å²) in [6, 6.07) is 25.2. The van der Waals surface area contributed by atoms with E-state index in [0.717, 1.165) is 11.1 Å². The first-order valence-electron chi connectivity index (χ1n) is 10.7. The van der Waals surface area contributed by atoms with Crippen molar-refractivity contribution in [2.45, 2.75) is 18.6 Å². The third-order valence-electron chi connectivity index (χ3n) is 5.95. The van der Waals surface area contributed by atoms with Crippen LogP contribution in [-0.2, 0) is 6.54 Å². The molecule has 0 bridgehead atoms. The van der Waals surface area contributed by atoms with Gasteiger partial charge in [-0.3, -0.25) is 13.9 Å². The highest BCUT2D eigenvalue weighted by molar-refractivity contribution is 6.33. The summed E-state index contributed by atoms with van der Waals surface area (Å²) in [6.07, 6.45) is 0. The van der Waals surface area contributed by atoms with Gasteiger partial charge in [-0.1, -0.05) is 90.5 Å². The number of benzene rings is 3. The van der Waals surface area contributed by atoms with Crippen molar-refractivity contribution in [1.82, 2.24) is 9.13 Å². The molecule has 1 aromatic heterocycles. The smallest absolute Gasteiger partial charge is 0.334 e. The summed E-state index contributed by atoms with van der Waals surface area (Å²) in [4.78, 5) is 27.3. The van der Waals surface area contributed by atoms with E-state index in [1.807, 2.05) is 60.7 Å². The first-order valence-corrected chi connectivity index (χ1v) is 11.1. The Bertz CT molecular complexity index is 1410. The third kappa shape index (κ3) is 3.77. The second-order valence-electron chi connectivity index (χ2n) is 7.98. The average molecular weight is 460 g/mol. The van der Waals surface area contributed by atoms with Crippen molar-refractivity contribution in [1.29, 1.82) is 0 Å². The maximum absolute atomic E-state index is 13.7. The standard InChI is InChI=1S/C26H22ClN3O3/c27-20-14-8-7-13-19(20)23-24(31)29(15-21(28)17-9-3-1-4-10-17)26(32)30-22(16-33-25(23)30)18-11-5-2-6-12-18/h1-14,21-22H,15-16,28H2/t21-,22?/m1/s1. The third-order valence-corrected chi connectivity index (χ3v) is 6.28. The van der Waals surface area contributed by atoms with Crippen molar-refractivity contribution in [3.63, 3.8) is 0 Å². The zero-order chi connectivity index (χ0) is 22.9. The Hall–Kier alpha value is -3.61. The molecule has 166 valence electrons. The summed E-state index contributed by atoms with van der Waals surface area (Å²) in [5.74, 6) is 0.233. The fraction of sp³-hybridized carbons (Fsp3) is 0.154. The summed E-state index contributed by atoms with van der Waals surface area (Å²) in [7, 11) is 0. The molecule has 4 aromatic rings. The van der Waals surface area contributed by atoms with Gasteiger partial charge in [-0.05, 0) is 17.2 Å². The Morgan fingerprint density at radius 1 is 0.939 bits per heavy atom. The fourth-order valence-electron chi connectivity index (χ4n) is 4.28. The molecule has 0 fully saturated rings. The maximum atomic E-state index is 13.7. The number of nitrogens with zero attached hydrogens (tertiary/aromatic N) is 2. The van der Waals surface area contributed by atoms with E-state index >= 15 is 0 Å². The molecule has 0 spiro atoms. The lowest BCUT2D eigenvalue weighted by atomic mass is 10.1. The molecular weight excluding hydrogens is 438 g/mol. The zero-order valence-electron chi connectivity index (χ0n) is 17.7. The topological polar surface area (TPSA) is 79.2 Å². The second kappa shape index (κ2) is 8.73. The molecule has 1 unspecified atom stereocenters. The molecule has 0 saturated heterocycles. The van der Waals surface area contributed by atoms with E-state index in [0.29, 0.717) is 10.6 Å². The molecule has 1 aliphatic rings. The van der Waals surface area contributed by atoms with Gasteiger partial charge in [-0.25, -0.2) is 4.79 Å². The van der Waals surface area contributed by atoms with Crippen LogP contribution >= 0.6 is 11.6 Å². The molecule has 2 N–H and O–H groups in total. The summed E-state index contributed by atoms with van der Waals surface area (Å²) >= 11 is 6.46. The molecule has 0 radical (unpaired) electrons. The number of hydrogen-bond acceptors (Lipinski definition) is 4.